The molecule has 1 saturated heterocycles. The van der Waals surface area contributed by atoms with E-state index < -0.39 is 6.30 Å². The smallest absolute Gasteiger partial charge is 0.179 e. The maximum absolute atomic E-state index is 14.5. The Morgan fingerprint density at radius 3 is 2.36 bits per heavy atom. The van der Waals surface area contributed by atoms with Crippen LogP contribution >= 0.6 is 36.2 Å². The Balaban J connectivity index is 0.00000156. The fourth-order valence-corrected chi connectivity index (χ4v) is 3.52. The molecule has 0 spiro atoms. The molecule has 0 saturated carbocycles. The Morgan fingerprint density at radius 2 is 1.76 bits per heavy atom. The molecule has 25 heavy (non-hydrogen) atoms. The van der Waals surface area contributed by atoms with E-state index in [-0.39, 0.29) is 30.6 Å². The van der Waals surface area contributed by atoms with Crippen LogP contribution in [0, 0.1) is 0 Å². The minimum absolute atomic E-state index is 0. The largest absolute Gasteiger partial charge is 0.300 e. The van der Waals surface area contributed by atoms with Crippen molar-refractivity contribution in [3.8, 4) is 0 Å². The van der Waals surface area contributed by atoms with Crippen LogP contribution in [-0.2, 0) is 0 Å². The van der Waals surface area contributed by atoms with Gasteiger partial charge in [-0.1, -0.05) is 30.3 Å². The summed E-state index contributed by atoms with van der Waals surface area (Å²) in [5.74, 6) is 0.196. The number of carbonyl (C=O) groups excluding carboxylic acids is 1. The zero-order chi connectivity index (χ0) is 16.1. The number of ketones is 1. The van der Waals surface area contributed by atoms with Gasteiger partial charge in [-0.15, -0.1) is 24.8 Å². The van der Waals surface area contributed by atoms with Gasteiger partial charge in [0.15, 0.2) is 12.1 Å². The van der Waals surface area contributed by atoms with Crippen LogP contribution in [0.4, 0.5) is 4.39 Å². The lowest BCUT2D eigenvalue weighted by atomic mass is 10.1. The van der Waals surface area contributed by atoms with Gasteiger partial charge in [0.2, 0.25) is 0 Å². The first kappa shape index (κ1) is 22.1. The Hall–Kier alpha value is -0.980. The zero-order valence-corrected chi connectivity index (χ0v) is 16.3. The van der Waals surface area contributed by atoms with E-state index in [1.54, 1.807) is 11.3 Å². The van der Waals surface area contributed by atoms with Gasteiger partial charge in [-0.3, -0.25) is 9.69 Å². The lowest BCUT2D eigenvalue weighted by molar-refractivity contribution is 0.0305. The third-order valence-corrected chi connectivity index (χ3v) is 4.98. The minimum atomic E-state index is -1.04. The van der Waals surface area contributed by atoms with Gasteiger partial charge in [-0.2, -0.15) is 11.3 Å². The zero-order valence-electron chi connectivity index (χ0n) is 13.8. The van der Waals surface area contributed by atoms with Gasteiger partial charge >= 0.3 is 0 Å². The van der Waals surface area contributed by atoms with E-state index >= 15 is 0 Å². The summed E-state index contributed by atoms with van der Waals surface area (Å²) in [5.41, 5.74) is 1.52. The van der Waals surface area contributed by atoms with Gasteiger partial charge in [0.25, 0.3) is 0 Å². The molecular formula is C18H23Cl2FN2OS. The highest BCUT2D eigenvalue weighted by molar-refractivity contribution is 7.08. The van der Waals surface area contributed by atoms with Crippen LogP contribution in [0.15, 0.2) is 47.2 Å². The SMILES string of the molecule is Cl.Cl.O=C(CCN1CCN(C(F)c2ccccc2)CC1)c1ccsc1. The molecule has 1 aromatic carbocycles. The maximum Gasteiger partial charge on any atom is 0.179 e. The summed E-state index contributed by atoms with van der Waals surface area (Å²) in [6, 6.07) is 11.2. The van der Waals surface area contributed by atoms with Crippen molar-refractivity contribution in [2.24, 2.45) is 0 Å². The first-order chi connectivity index (χ1) is 11.2. The van der Waals surface area contributed by atoms with Crippen molar-refractivity contribution in [1.29, 1.82) is 0 Å². The second kappa shape index (κ2) is 10.9. The van der Waals surface area contributed by atoms with Crippen LogP contribution in [0.3, 0.4) is 0 Å². The molecule has 1 aromatic heterocycles. The summed E-state index contributed by atoms with van der Waals surface area (Å²) in [4.78, 5) is 16.1. The first-order valence-corrected chi connectivity index (χ1v) is 8.89. The van der Waals surface area contributed by atoms with E-state index in [1.807, 2.05) is 52.1 Å². The van der Waals surface area contributed by atoms with Crippen molar-refractivity contribution in [2.75, 3.05) is 32.7 Å². The molecule has 3 rings (SSSR count). The van der Waals surface area contributed by atoms with E-state index in [1.165, 1.54) is 0 Å². The Labute approximate surface area is 164 Å². The third-order valence-electron chi connectivity index (χ3n) is 4.30. The molecule has 0 amide bonds. The summed E-state index contributed by atoms with van der Waals surface area (Å²) >= 11 is 1.55. The average molecular weight is 405 g/mol. The van der Waals surface area contributed by atoms with Crippen molar-refractivity contribution in [2.45, 2.75) is 12.7 Å². The molecule has 3 nitrogen and oxygen atoms in total. The predicted octanol–water partition coefficient (Wildman–Crippen LogP) is 4.45. The number of benzene rings is 1. The summed E-state index contributed by atoms with van der Waals surface area (Å²) in [5, 5.41) is 3.82. The number of hydrogen-bond donors (Lipinski definition) is 0. The molecule has 2 heterocycles. The van der Waals surface area contributed by atoms with Crippen LogP contribution < -0.4 is 0 Å². The molecule has 0 bridgehead atoms. The summed E-state index contributed by atoms with van der Waals surface area (Å²) in [6.07, 6.45) is -0.500. The van der Waals surface area contributed by atoms with Gasteiger partial charge < -0.3 is 4.90 Å². The maximum atomic E-state index is 14.5. The molecule has 1 atom stereocenters. The quantitative estimate of drug-likeness (QED) is 0.524. The normalized spacial score (nSPS) is 16.5. The topological polar surface area (TPSA) is 23.6 Å². The first-order valence-electron chi connectivity index (χ1n) is 7.95. The Kier molecular flexibility index (Phi) is 9.61. The number of piperazine rings is 1. The molecule has 138 valence electrons. The van der Waals surface area contributed by atoms with Crippen molar-refractivity contribution in [3.63, 3.8) is 0 Å². The Bertz CT molecular complexity index is 619. The fraction of sp³-hybridized carbons (Fsp3) is 0.389. The minimum Gasteiger partial charge on any atom is -0.300 e. The number of thiophene rings is 1. The van der Waals surface area contributed by atoms with Gasteiger partial charge in [0.05, 0.1) is 0 Å². The molecule has 2 aromatic rings. The molecule has 7 heteroatoms. The highest BCUT2D eigenvalue weighted by Crippen LogP contribution is 2.23. The molecule has 0 radical (unpaired) electrons. The fourth-order valence-electron chi connectivity index (χ4n) is 2.86. The summed E-state index contributed by atoms with van der Waals surface area (Å²) < 4.78 is 14.5. The number of alkyl halides is 1. The van der Waals surface area contributed by atoms with E-state index in [4.69, 9.17) is 0 Å². The van der Waals surface area contributed by atoms with Crippen molar-refractivity contribution < 1.29 is 9.18 Å². The van der Waals surface area contributed by atoms with Gasteiger partial charge in [-0.05, 0) is 11.4 Å². The van der Waals surface area contributed by atoms with Crippen LogP contribution in [0.1, 0.15) is 28.6 Å². The van der Waals surface area contributed by atoms with Gasteiger partial charge in [0.1, 0.15) is 0 Å². The highest BCUT2D eigenvalue weighted by atomic mass is 35.5. The van der Waals surface area contributed by atoms with Crippen molar-refractivity contribution in [3.05, 3.63) is 58.3 Å². The highest BCUT2D eigenvalue weighted by Gasteiger charge is 2.24. The van der Waals surface area contributed by atoms with E-state index in [0.717, 1.165) is 25.2 Å². The number of carbonyl (C=O) groups is 1. The number of nitrogens with zero attached hydrogens (tertiary/aromatic N) is 2. The lowest BCUT2D eigenvalue weighted by Gasteiger charge is -2.36. The Morgan fingerprint density at radius 1 is 1.08 bits per heavy atom. The van der Waals surface area contributed by atoms with E-state index in [0.29, 0.717) is 25.1 Å². The predicted molar refractivity (Wildman–Crippen MR) is 106 cm³/mol. The molecule has 1 aliphatic rings. The molecule has 1 unspecified atom stereocenters. The van der Waals surface area contributed by atoms with Crippen molar-refractivity contribution in [1.82, 2.24) is 9.80 Å². The standard InChI is InChI=1S/C18H21FN2OS.2ClH/c19-18(15-4-2-1-3-5-15)21-11-9-20(10-12-21)8-6-17(22)16-7-13-23-14-16;;/h1-5,7,13-14,18H,6,8-12H2;2*1H. The number of halogens is 3. The summed E-state index contributed by atoms with van der Waals surface area (Å²) in [7, 11) is 0. The monoisotopic (exact) mass is 404 g/mol. The van der Waals surface area contributed by atoms with Crippen LogP contribution in [-0.4, -0.2) is 48.3 Å². The van der Waals surface area contributed by atoms with Gasteiger partial charge in [-0.25, -0.2) is 4.39 Å². The van der Waals surface area contributed by atoms with Crippen molar-refractivity contribution >= 4 is 41.9 Å². The van der Waals surface area contributed by atoms with E-state index in [2.05, 4.69) is 4.90 Å². The van der Waals surface area contributed by atoms with E-state index in [9.17, 15) is 9.18 Å². The van der Waals surface area contributed by atoms with Crippen LogP contribution in [0.25, 0.3) is 0 Å². The number of rotatable bonds is 6. The lowest BCUT2D eigenvalue weighted by Crippen LogP contribution is -2.47. The van der Waals surface area contributed by atoms with Crippen LogP contribution in [0.2, 0.25) is 0 Å². The molecule has 1 fully saturated rings. The number of Topliss-reactive ketones (excluding diaryl/α,β-unsaturated/α-hetero) is 1. The second-order valence-electron chi connectivity index (χ2n) is 5.81. The third kappa shape index (κ3) is 6.04. The molecule has 0 aliphatic carbocycles. The molecule has 0 N–H and O–H groups in total. The number of hydrogen-bond acceptors (Lipinski definition) is 4. The van der Waals surface area contributed by atoms with Gasteiger partial charge in [0, 0.05) is 55.7 Å². The molecule has 1 aliphatic heterocycles. The average Bonchev–Trinajstić information content (AvgIpc) is 3.15. The van der Waals surface area contributed by atoms with Crippen LogP contribution in [0.5, 0.6) is 0 Å². The molecular weight excluding hydrogens is 382 g/mol. The second-order valence-corrected chi connectivity index (χ2v) is 6.59. The summed E-state index contributed by atoms with van der Waals surface area (Å²) in [6.45, 7) is 3.77.